The standard InChI is InChI=1S/C22H34O4/c1-17-9-3-5-11-19(17)15-25-21(23)13-7-8-14-22(24)26-16-20-12-6-4-10-18(20)2/h3-6,17-20H,7-16H2,1-2H3/t17-,18-,19-,20+/m0/s1. The highest BCUT2D eigenvalue weighted by Gasteiger charge is 2.21. The first-order valence-corrected chi connectivity index (χ1v) is 10.2. The van der Waals surface area contributed by atoms with Crippen LogP contribution in [0.2, 0.25) is 0 Å². The van der Waals surface area contributed by atoms with E-state index in [1.807, 2.05) is 0 Å². The Morgan fingerprint density at radius 3 is 1.50 bits per heavy atom. The smallest absolute Gasteiger partial charge is 0.305 e. The Morgan fingerprint density at radius 2 is 1.12 bits per heavy atom. The minimum Gasteiger partial charge on any atom is -0.465 e. The quantitative estimate of drug-likeness (QED) is 0.335. The van der Waals surface area contributed by atoms with Crippen LogP contribution in [0.1, 0.15) is 65.2 Å². The summed E-state index contributed by atoms with van der Waals surface area (Å²) in [7, 11) is 0. The normalized spacial score (nSPS) is 27.9. The van der Waals surface area contributed by atoms with Gasteiger partial charge in [-0.2, -0.15) is 0 Å². The van der Waals surface area contributed by atoms with E-state index >= 15 is 0 Å². The molecule has 0 amide bonds. The number of carbonyl (C=O) groups excluding carboxylic acids is 2. The molecule has 0 bridgehead atoms. The van der Waals surface area contributed by atoms with Crippen molar-refractivity contribution in [2.24, 2.45) is 23.7 Å². The van der Waals surface area contributed by atoms with E-state index in [0.29, 0.717) is 62.6 Å². The molecule has 2 aliphatic rings. The Hall–Kier alpha value is -1.58. The molecule has 0 saturated carbocycles. The van der Waals surface area contributed by atoms with E-state index in [1.54, 1.807) is 0 Å². The maximum atomic E-state index is 11.8. The van der Waals surface area contributed by atoms with Crippen LogP contribution in [0.25, 0.3) is 0 Å². The molecular formula is C22H34O4. The lowest BCUT2D eigenvalue weighted by molar-refractivity contribution is -0.147. The molecule has 0 saturated heterocycles. The van der Waals surface area contributed by atoms with E-state index in [2.05, 4.69) is 38.2 Å². The fraction of sp³-hybridized carbons (Fsp3) is 0.727. The average molecular weight is 363 g/mol. The van der Waals surface area contributed by atoms with Gasteiger partial charge in [-0.15, -0.1) is 0 Å². The van der Waals surface area contributed by atoms with Crippen molar-refractivity contribution in [1.29, 1.82) is 0 Å². The van der Waals surface area contributed by atoms with Crippen molar-refractivity contribution in [2.75, 3.05) is 13.2 Å². The monoisotopic (exact) mass is 362 g/mol. The number of allylic oxidation sites excluding steroid dienone is 4. The molecular weight excluding hydrogens is 328 g/mol. The van der Waals surface area contributed by atoms with Gasteiger partial charge in [-0.3, -0.25) is 9.59 Å². The topological polar surface area (TPSA) is 52.6 Å². The molecule has 4 heteroatoms. The molecule has 2 rings (SSSR count). The largest absolute Gasteiger partial charge is 0.465 e. The highest BCUT2D eigenvalue weighted by atomic mass is 16.5. The third-order valence-electron chi connectivity index (χ3n) is 5.76. The van der Waals surface area contributed by atoms with Gasteiger partial charge < -0.3 is 9.47 Å². The Balaban J connectivity index is 1.49. The number of rotatable bonds is 9. The van der Waals surface area contributed by atoms with Crippen LogP contribution in [-0.4, -0.2) is 25.2 Å². The third kappa shape index (κ3) is 7.35. The van der Waals surface area contributed by atoms with E-state index < -0.39 is 0 Å². The number of esters is 2. The minimum atomic E-state index is -0.150. The Kier molecular flexibility index (Phi) is 8.93. The van der Waals surface area contributed by atoms with Gasteiger partial charge in [0.25, 0.3) is 0 Å². The summed E-state index contributed by atoms with van der Waals surface area (Å²) in [4.78, 5) is 23.7. The summed E-state index contributed by atoms with van der Waals surface area (Å²) in [5.74, 6) is 1.73. The lowest BCUT2D eigenvalue weighted by Gasteiger charge is -2.24. The van der Waals surface area contributed by atoms with E-state index in [4.69, 9.17) is 9.47 Å². The maximum absolute atomic E-state index is 11.8. The molecule has 0 aromatic carbocycles. The molecule has 0 N–H and O–H groups in total. The highest BCUT2D eigenvalue weighted by molar-refractivity contribution is 5.70. The van der Waals surface area contributed by atoms with Gasteiger partial charge in [0.2, 0.25) is 0 Å². The van der Waals surface area contributed by atoms with Gasteiger partial charge in [0.15, 0.2) is 0 Å². The lowest BCUT2D eigenvalue weighted by atomic mass is 9.85. The minimum absolute atomic E-state index is 0.150. The molecule has 0 heterocycles. The molecule has 0 fully saturated rings. The van der Waals surface area contributed by atoms with E-state index in [0.717, 1.165) is 25.7 Å². The fourth-order valence-electron chi connectivity index (χ4n) is 3.56. The van der Waals surface area contributed by atoms with E-state index in [-0.39, 0.29) is 11.9 Å². The SMILES string of the molecule is C[C@H]1CC=CC[C@@H]1COC(=O)CCCCC(=O)OC[C@@H]1CC=CC[C@@H]1C. The second kappa shape index (κ2) is 11.2. The first kappa shape index (κ1) is 20.7. The second-order valence-electron chi connectivity index (χ2n) is 7.93. The van der Waals surface area contributed by atoms with Crippen LogP contribution in [-0.2, 0) is 19.1 Å². The van der Waals surface area contributed by atoms with Crippen molar-refractivity contribution in [1.82, 2.24) is 0 Å². The molecule has 146 valence electrons. The summed E-state index contributed by atoms with van der Waals surface area (Å²) in [6.07, 6.45) is 15.0. The van der Waals surface area contributed by atoms with E-state index in [1.165, 1.54) is 0 Å². The molecule has 2 aliphatic carbocycles. The van der Waals surface area contributed by atoms with Gasteiger partial charge >= 0.3 is 11.9 Å². The number of carbonyl (C=O) groups is 2. The van der Waals surface area contributed by atoms with Gasteiger partial charge in [0, 0.05) is 12.8 Å². The van der Waals surface area contributed by atoms with Gasteiger partial charge in [-0.05, 0) is 62.2 Å². The number of hydrogen-bond donors (Lipinski definition) is 0. The van der Waals surface area contributed by atoms with Gasteiger partial charge in [-0.1, -0.05) is 38.2 Å². The maximum Gasteiger partial charge on any atom is 0.305 e. The predicted octanol–water partition coefficient (Wildman–Crippen LogP) is 4.84. The number of hydrogen-bond acceptors (Lipinski definition) is 4. The zero-order valence-electron chi connectivity index (χ0n) is 16.3. The summed E-state index contributed by atoms with van der Waals surface area (Å²) >= 11 is 0. The lowest BCUT2D eigenvalue weighted by Crippen LogP contribution is -2.22. The molecule has 26 heavy (non-hydrogen) atoms. The average Bonchev–Trinajstić information content (AvgIpc) is 2.64. The van der Waals surface area contributed by atoms with Crippen molar-refractivity contribution in [3.05, 3.63) is 24.3 Å². The van der Waals surface area contributed by atoms with Crippen LogP contribution in [0.5, 0.6) is 0 Å². The summed E-state index contributed by atoms with van der Waals surface area (Å²) < 4.78 is 10.8. The molecule has 4 atom stereocenters. The van der Waals surface area contributed by atoms with Crippen molar-refractivity contribution < 1.29 is 19.1 Å². The molecule has 0 spiro atoms. The van der Waals surface area contributed by atoms with Crippen molar-refractivity contribution in [3.63, 3.8) is 0 Å². The van der Waals surface area contributed by atoms with Crippen LogP contribution >= 0.6 is 0 Å². The predicted molar refractivity (Wildman–Crippen MR) is 102 cm³/mol. The van der Waals surface area contributed by atoms with Crippen LogP contribution in [0.3, 0.4) is 0 Å². The first-order valence-electron chi connectivity index (χ1n) is 10.2. The molecule has 0 radical (unpaired) electrons. The summed E-state index contributed by atoms with van der Waals surface area (Å²) in [5, 5.41) is 0. The fourth-order valence-corrected chi connectivity index (χ4v) is 3.56. The highest BCUT2D eigenvalue weighted by Crippen LogP contribution is 2.26. The van der Waals surface area contributed by atoms with E-state index in [9.17, 15) is 9.59 Å². The van der Waals surface area contributed by atoms with Crippen LogP contribution < -0.4 is 0 Å². The van der Waals surface area contributed by atoms with Crippen LogP contribution in [0.4, 0.5) is 0 Å². The van der Waals surface area contributed by atoms with Crippen molar-refractivity contribution in [3.8, 4) is 0 Å². The third-order valence-corrected chi connectivity index (χ3v) is 5.76. The van der Waals surface area contributed by atoms with Crippen molar-refractivity contribution in [2.45, 2.75) is 65.2 Å². The van der Waals surface area contributed by atoms with Crippen LogP contribution in [0.15, 0.2) is 24.3 Å². The zero-order chi connectivity index (χ0) is 18.8. The molecule has 0 aliphatic heterocycles. The number of ether oxygens (including phenoxy) is 2. The van der Waals surface area contributed by atoms with Gasteiger partial charge in [-0.25, -0.2) is 0 Å². The first-order chi connectivity index (χ1) is 12.6. The second-order valence-corrected chi connectivity index (χ2v) is 7.93. The van der Waals surface area contributed by atoms with Gasteiger partial charge in [0.1, 0.15) is 0 Å². The number of unbranched alkanes of at least 4 members (excludes halogenated alkanes) is 1. The molecule has 4 nitrogen and oxygen atoms in total. The van der Waals surface area contributed by atoms with Crippen LogP contribution in [0, 0.1) is 23.7 Å². The molecule has 0 aromatic rings. The summed E-state index contributed by atoms with van der Waals surface area (Å²) in [6.45, 7) is 5.44. The van der Waals surface area contributed by atoms with Gasteiger partial charge in [0.05, 0.1) is 13.2 Å². The van der Waals surface area contributed by atoms with Crippen molar-refractivity contribution >= 4 is 11.9 Å². The Bertz CT molecular complexity index is 462. The Labute approximate surface area is 158 Å². The summed E-state index contributed by atoms with van der Waals surface area (Å²) in [5.41, 5.74) is 0. The molecule has 0 aromatic heterocycles. The summed E-state index contributed by atoms with van der Waals surface area (Å²) in [6, 6.07) is 0. The zero-order valence-corrected chi connectivity index (χ0v) is 16.3. The Morgan fingerprint density at radius 1 is 0.731 bits per heavy atom. The molecule has 0 unspecified atom stereocenters.